The number of halogens is 2. The average Bonchev–Trinajstić information content (AvgIpc) is 2.37. The van der Waals surface area contributed by atoms with Gasteiger partial charge in [-0.2, -0.15) is 0 Å². The van der Waals surface area contributed by atoms with E-state index in [4.69, 9.17) is 11.6 Å². The minimum absolute atomic E-state index is 0.0711. The first-order valence-corrected chi connectivity index (χ1v) is 5.78. The Kier molecular flexibility index (Phi) is 3.66. The van der Waals surface area contributed by atoms with E-state index in [0.29, 0.717) is 11.3 Å². The van der Waals surface area contributed by atoms with Crippen molar-refractivity contribution in [3.63, 3.8) is 0 Å². The van der Waals surface area contributed by atoms with Gasteiger partial charge >= 0.3 is 0 Å². The van der Waals surface area contributed by atoms with Gasteiger partial charge in [-0.05, 0) is 24.3 Å². The van der Waals surface area contributed by atoms with Crippen LogP contribution < -0.4 is 10.9 Å². The molecule has 0 bridgehead atoms. The lowest BCUT2D eigenvalue weighted by atomic mass is 10.2. The topological polar surface area (TPSA) is 51.1 Å². The second-order valence-corrected chi connectivity index (χ2v) is 4.36. The highest BCUT2D eigenvalue weighted by Crippen LogP contribution is 2.19. The molecule has 6 heteroatoms. The third kappa shape index (κ3) is 3.00. The van der Waals surface area contributed by atoms with Crippen LogP contribution in [0.2, 0.25) is 5.02 Å². The minimum atomic E-state index is -0.554. The third-order valence-corrected chi connectivity index (χ3v) is 2.82. The number of aromatic nitrogens is 1. The zero-order valence-electron chi connectivity index (χ0n) is 9.98. The molecule has 1 aromatic heterocycles. The monoisotopic (exact) mass is 280 g/mol. The first kappa shape index (κ1) is 13.3. The van der Waals surface area contributed by atoms with E-state index in [2.05, 4.69) is 5.32 Å². The van der Waals surface area contributed by atoms with Crippen LogP contribution in [0.3, 0.4) is 0 Å². The predicted molar refractivity (Wildman–Crippen MR) is 71.0 cm³/mol. The summed E-state index contributed by atoms with van der Waals surface area (Å²) in [6.45, 7) is 0. The summed E-state index contributed by atoms with van der Waals surface area (Å²) in [6, 6.07) is 6.60. The molecule has 1 heterocycles. The predicted octanol–water partition coefficient (Wildman–Crippen LogP) is 2.43. The maximum Gasteiger partial charge on any atom is 0.257 e. The summed E-state index contributed by atoms with van der Waals surface area (Å²) >= 11 is 5.62. The van der Waals surface area contributed by atoms with Crippen molar-refractivity contribution in [1.29, 1.82) is 0 Å². The van der Waals surface area contributed by atoms with Gasteiger partial charge in [0.2, 0.25) is 5.56 Å². The standard InChI is InChI=1S/C13H10ClFN2O2/c1-17-7-8(2-5-12(17)18)13(19)16-9-3-4-11(15)10(14)6-9/h2-7H,1H3,(H,16,19). The molecule has 19 heavy (non-hydrogen) atoms. The number of rotatable bonds is 2. The SMILES string of the molecule is Cn1cc(C(=O)Nc2ccc(F)c(Cl)c2)ccc1=O. The highest BCUT2D eigenvalue weighted by Gasteiger charge is 2.08. The van der Waals surface area contributed by atoms with E-state index >= 15 is 0 Å². The molecule has 0 saturated carbocycles. The lowest BCUT2D eigenvalue weighted by Gasteiger charge is -2.07. The number of benzene rings is 1. The van der Waals surface area contributed by atoms with E-state index in [0.717, 1.165) is 0 Å². The number of aryl methyl sites for hydroxylation is 1. The highest BCUT2D eigenvalue weighted by atomic mass is 35.5. The molecule has 0 atom stereocenters. The minimum Gasteiger partial charge on any atom is -0.322 e. The van der Waals surface area contributed by atoms with Gasteiger partial charge in [-0.15, -0.1) is 0 Å². The Morgan fingerprint density at radius 1 is 1.32 bits per heavy atom. The number of nitrogens with one attached hydrogen (secondary N) is 1. The van der Waals surface area contributed by atoms with Gasteiger partial charge in [0.15, 0.2) is 0 Å². The van der Waals surface area contributed by atoms with Crippen molar-refractivity contribution in [2.75, 3.05) is 5.32 Å². The Balaban J connectivity index is 2.22. The number of pyridine rings is 1. The molecular weight excluding hydrogens is 271 g/mol. The van der Waals surface area contributed by atoms with Crippen LogP contribution in [-0.2, 0) is 7.05 Å². The quantitative estimate of drug-likeness (QED) is 0.918. The normalized spacial score (nSPS) is 10.3. The summed E-state index contributed by atoms with van der Waals surface area (Å²) in [5, 5.41) is 2.50. The molecule has 1 amide bonds. The molecule has 0 fully saturated rings. The van der Waals surface area contributed by atoms with Crippen LogP contribution >= 0.6 is 11.6 Å². The molecule has 0 spiro atoms. The van der Waals surface area contributed by atoms with E-state index in [1.807, 2.05) is 0 Å². The molecule has 1 N–H and O–H groups in total. The van der Waals surface area contributed by atoms with E-state index in [1.54, 1.807) is 7.05 Å². The summed E-state index contributed by atoms with van der Waals surface area (Å²) in [5.74, 6) is -0.958. The molecule has 98 valence electrons. The highest BCUT2D eigenvalue weighted by molar-refractivity contribution is 6.31. The van der Waals surface area contributed by atoms with E-state index in [1.165, 1.54) is 41.1 Å². The van der Waals surface area contributed by atoms with Crippen molar-refractivity contribution in [2.24, 2.45) is 7.05 Å². The Bertz CT molecular complexity index is 697. The summed E-state index contributed by atoms with van der Waals surface area (Å²) in [5.41, 5.74) is 0.495. The van der Waals surface area contributed by atoms with E-state index in [-0.39, 0.29) is 10.6 Å². The van der Waals surface area contributed by atoms with Gasteiger partial charge in [0.25, 0.3) is 5.91 Å². The lowest BCUT2D eigenvalue weighted by molar-refractivity contribution is 0.102. The van der Waals surface area contributed by atoms with Crippen molar-refractivity contribution < 1.29 is 9.18 Å². The number of hydrogen-bond donors (Lipinski definition) is 1. The fourth-order valence-electron chi connectivity index (χ4n) is 1.51. The molecular formula is C13H10ClFN2O2. The largest absolute Gasteiger partial charge is 0.322 e. The number of anilines is 1. The molecule has 1 aromatic carbocycles. The number of carbonyl (C=O) groups excluding carboxylic acids is 1. The van der Waals surface area contributed by atoms with Gasteiger partial charge in [0, 0.05) is 25.0 Å². The van der Waals surface area contributed by atoms with Crippen LogP contribution in [0.5, 0.6) is 0 Å². The summed E-state index contributed by atoms with van der Waals surface area (Å²) in [6.07, 6.45) is 1.42. The van der Waals surface area contributed by atoms with Gasteiger partial charge in [-0.3, -0.25) is 9.59 Å². The van der Waals surface area contributed by atoms with Crippen molar-refractivity contribution in [3.8, 4) is 0 Å². The van der Waals surface area contributed by atoms with E-state index < -0.39 is 11.7 Å². The van der Waals surface area contributed by atoms with Gasteiger partial charge in [-0.1, -0.05) is 11.6 Å². The molecule has 0 unspecified atom stereocenters. The molecule has 2 aromatic rings. The lowest BCUT2D eigenvalue weighted by Crippen LogP contribution is -2.19. The fraction of sp³-hybridized carbons (Fsp3) is 0.0769. The molecule has 2 rings (SSSR count). The van der Waals surface area contributed by atoms with Crippen molar-refractivity contribution in [1.82, 2.24) is 4.57 Å². The maximum absolute atomic E-state index is 13.0. The third-order valence-electron chi connectivity index (χ3n) is 2.53. The number of carbonyl (C=O) groups is 1. The molecule has 0 aliphatic rings. The average molecular weight is 281 g/mol. The van der Waals surface area contributed by atoms with E-state index in [9.17, 15) is 14.0 Å². The van der Waals surface area contributed by atoms with Crippen LogP contribution in [0.15, 0.2) is 41.3 Å². The van der Waals surface area contributed by atoms with Crippen LogP contribution in [0.1, 0.15) is 10.4 Å². The van der Waals surface area contributed by atoms with Crippen LogP contribution in [0, 0.1) is 5.82 Å². The molecule has 0 radical (unpaired) electrons. The first-order chi connectivity index (χ1) is 8.97. The smallest absolute Gasteiger partial charge is 0.257 e. The second kappa shape index (κ2) is 5.24. The number of amides is 1. The van der Waals surface area contributed by atoms with Gasteiger partial charge in [0.1, 0.15) is 5.82 Å². The molecule has 4 nitrogen and oxygen atoms in total. The van der Waals surface area contributed by atoms with Gasteiger partial charge in [-0.25, -0.2) is 4.39 Å². The zero-order valence-corrected chi connectivity index (χ0v) is 10.7. The Morgan fingerprint density at radius 3 is 2.68 bits per heavy atom. The summed E-state index contributed by atoms with van der Waals surface area (Å²) in [7, 11) is 1.55. The van der Waals surface area contributed by atoms with Crippen molar-refractivity contribution in [3.05, 3.63) is 63.3 Å². The van der Waals surface area contributed by atoms with Gasteiger partial charge in [0.05, 0.1) is 10.6 Å². The molecule has 0 saturated heterocycles. The van der Waals surface area contributed by atoms with Gasteiger partial charge < -0.3 is 9.88 Å². The Labute approximate surface area is 113 Å². The first-order valence-electron chi connectivity index (χ1n) is 5.40. The van der Waals surface area contributed by atoms with Crippen LogP contribution in [0.4, 0.5) is 10.1 Å². The molecule has 0 aliphatic heterocycles. The number of hydrogen-bond acceptors (Lipinski definition) is 2. The summed E-state index contributed by atoms with van der Waals surface area (Å²) < 4.78 is 14.3. The van der Waals surface area contributed by atoms with Crippen LogP contribution in [-0.4, -0.2) is 10.5 Å². The van der Waals surface area contributed by atoms with Crippen LogP contribution in [0.25, 0.3) is 0 Å². The van der Waals surface area contributed by atoms with Crippen molar-refractivity contribution in [2.45, 2.75) is 0 Å². The summed E-state index contributed by atoms with van der Waals surface area (Å²) in [4.78, 5) is 23.1. The maximum atomic E-state index is 13.0. The molecule has 0 aliphatic carbocycles. The Morgan fingerprint density at radius 2 is 2.05 bits per heavy atom. The second-order valence-electron chi connectivity index (χ2n) is 3.95. The van der Waals surface area contributed by atoms with Crippen molar-refractivity contribution >= 4 is 23.2 Å². The Hall–Kier alpha value is -2.14. The number of nitrogens with zero attached hydrogens (tertiary/aromatic N) is 1. The zero-order chi connectivity index (χ0) is 14.0. The fourth-order valence-corrected chi connectivity index (χ4v) is 1.69.